The number of ether oxygens (including phenoxy) is 1. The van der Waals surface area contributed by atoms with E-state index in [1.54, 1.807) is 0 Å². The van der Waals surface area contributed by atoms with Crippen LogP contribution in [0.4, 0.5) is 0 Å². The van der Waals surface area contributed by atoms with E-state index in [-0.39, 0.29) is 0 Å². The van der Waals surface area contributed by atoms with Crippen LogP contribution in [0.5, 0.6) is 0 Å². The van der Waals surface area contributed by atoms with Gasteiger partial charge in [0.1, 0.15) is 6.61 Å². The standard InChI is InChI=1S/C11H16O2/c1-10(8-13-9-12)7-11-5-3-2-4-6-11/h7,9H,1-6,8H2. The molecule has 0 unspecified atom stereocenters. The SMILES string of the molecule is C=C(C=C1CCCCC1)COC=O. The fourth-order valence-electron chi connectivity index (χ4n) is 1.62. The van der Waals surface area contributed by atoms with Crippen molar-refractivity contribution in [2.45, 2.75) is 32.1 Å². The lowest BCUT2D eigenvalue weighted by atomic mass is 9.94. The molecule has 0 amide bonds. The first-order valence-corrected chi connectivity index (χ1v) is 4.75. The molecule has 0 spiro atoms. The molecule has 0 N–H and O–H groups in total. The lowest BCUT2D eigenvalue weighted by Crippen LogP contribution is -1.97. The molecule has 2 nitrogen and oxygen atoms in total. The molecule has 0 atom stereocenters. The molecule has 0 saturated heterocycles. The quantitative estimate of drug-likeness (QED) is 0.621. The molecule has 0 radical (unpaired) electrons. The zero-order valence-corrected chi connectivity index (χ0v) is 7.92. The Hall–Kier alpha value is -1.05. The summed E-state index contributed by atoms with van der Waals surface area (Å²) in [7, 11) is 0. The monoisotopic (exact) mass is 180 g/mol. The highest BCUT2D eigenvalue weighted by Crippen LogP contribution is 2.23. The highest BCUT2D eigenvalue weighted by Gasteiger charge is 2.05. The van der Waals surface area contributed by atoms with E-state index in [2.05, 4.69) is 17.4 Å². The Morgan fingerprint density at radius 2 is 2.08 bits per heavy atom. The third kappa shape index (κ3) is 3.92. The van der Waals surface area contributed by atoms with Crippen molar-refractivity contribution in [1.82, 2.24) is 0 Å². The van der Waals surface area contributed by atoms with Crippen molar-refractivity contribution in [3.05, 3.63) is 23.8 Å². The lowest BCUT2D eigenvalue weighted by Gasteiger charge is -2.13. The third-order valence-electron chi connectivity index (χ3n) is 2.24. The van der Waals surface area contributed by atoms with Crippen LogP contribution in [0.25, 0.3) is 0 Å². The molecule has 72 valence electrons. The molecule has 0 bridgehead atoms. The van der Waals surface area contributed by atoms with Gasteiger partial charge in [0.25, 0.3) is 6.47 Å². The predicted molar refractivity (Wildman–Crippen MR) is 52.3 cm³/mol. The van der Waals surface area contributed by atoms with E-state index in [1.165, 1.54) is 37.7 Å². The Bertz CT molecular complexity index is 208. The van der Waals surface area contributed by atoms with E-state index in [4.69, 9.17) is 0 Å². The highest BCUT2D eigenvalue weighted by molar-refractivity contribution is 5.38. The summed E-state index contributed by atoms with van der Waals surface area (Å²) < 4.78 is 4.61. The summed E-state index contributed by atoms with van der Waals surface area (Å²) in [5.74, 6) is 0. The van der Waals surface area contributed by atoms with Crippen LogP contribution in [0, 0.1) is 0 Å². The smallest absolute Gasteiger partial charge is 0.293 e. The molecule has 1 aliphatic rings. The molecule has 0 aromatic rings. The summed E-state index contributed by atoms with van der Waals surface area (Å²) in [4.78, 5) is 9.92. The van der Waals surface area contributed by atoms with Gasteiger partial charge in [0.15, 0.2) is 0 Å². The molecule has 0 aromatic carbocycles. The van der Waals surface area contributed by atoms with Crippen LogP contribution in [-0.2, 0) is 9.53 Å². The van der Waals surface area contributed by atoms with E-state index < -0.39 is 0 Å². The summed E-state index contributed by atoms with van der Waals surface area (Å²) in [6.07, 6.45) is 8.35. The number of hydrogen-bond donors (Lipinski definition) is 0. The summed E-state index contributed by atoms with van der Waals surface area (Å²) in [6, 6.07) is 0. The number of allylic oxidation sites excluding steroid dienone is 1. The lowest BCUT2D eigenvalue weighted by molar-refractivity contribution is -0.127. The third-order valence-corrected chi connectivity index (χ3v) is 2.24. The van der Waals surface area contributed by atoms with Crippen LogP contribution in [0.2, 0.25) is 0 Å². The van der Waals surface area contributed by atoms with Gasteiger partial charge < -0.3 is 4.74 Å². The average Bonchev–Trinajstić information content (AvgIpc) is 2.16. The van der Waals surface area contributed by atoms with E-state index in [1.807, 2.05) is 0 Å². The number of rotatable bonds is 4. The highest BCUT2D eigenvalue weighted by atomic mass is 16.5. The fraction of sp³-hybridized carbons (Fsp3) is 0.545. The van der Waals surface area contributed by atoms with Crippen molar-refractivity contribution in [2.75, 3.05) is 6.61 Å². The summed E-state index contributed by atoms with van der Waals surface area (Å²) in [5.41, 5.74) is 2.34. The van der Waals surface area contributed by atoms with Crippen molar-refractivity contribution >= 4 is 6.47 Å². The Labute approximate surface area is 79.3 Å². The average molecular weight is 180 g/mol. The fourth-order valence-corrected chi connectivity index (χ4v) is 1.62. The van der Waals surface area contributed by atoms with Crippen molar-refractivity contribution in [3.63, 3.8) is 0 Å². The Morgan fingerprint density at radius 1 is 1.38 bits per heavy atom. The summed E-state index contributed by atoms with van der Waals surface area (Å²) in [5, 5.41) is 0. The van der Waals surface area contributed by atoms with Gasteiger partial charge in [-0.25, -0.2) is 0 Å². The van der Waals surface area contributed by atoms with Crippen LogP contribution in [0.3, 0.4) is 0 Å². The number of carbonyl (C=O) groups is 1. The molecular formula is C11H16O2. The first kappa shape index (κ1) is 10.0. The van der Waals surface area contributed by atoms with E-state index in [0.29, 0.717) is 13.1 Å². The van der Waals surface area contributed by atoms with Crippen molar-refractivity contribution in [2.24, 2.45) is 0 Å². The minimum absolute atomic E-state index is 0.326. The molecule has 1 rings (SSSR count). The first-order valence-electron chi connectivity index (χ1n) is 4.75. The maximum Gasteiger partial charge on any atom is 0.293 e. The van der Waals surface area contributed by atoms with Gasteiger partial charge in [0.05, 0.1) is 0 Å². The zero-order valence-electron chi connectivity index (χ0n) is 7.92. The second kappa shape index (κ2) is 5.57. The Morgan fingerprint density at radius 3 is 2.69 bits per heavy atom. The van der Waals surface area contributed by atoms with Gasteiger partial charge in [-0.3, -0.25) is 4.79 Å². The molecule has 1 saturated carbocycles. The van der Waals surface area contributed by atoms with Crippen molar-refractivity contribution in [1.29, 1.82) is 0 Å². The minimum Gasteiger partial charge on any atom is -0.463 e. The van der Waals surface area contributed by atoms with Gasteiger partial charge in [-0.1, -0.05) is 24.6 Å². The zero-order chi connectivity index (χ0) is 9.52. The summed E-state index contributed by atoms with van der Waals surface area (Å²) >= 11 is 0. The predicted octanol–water partition coefficient (Wildman–Crippen LogP) is 2.61. The minimum atomic E-state index is 0.326. The number of carbonyl (C=O) groups excluding carboxylic acids is 1. The molecule has 1 fully saturated rings. The molecule has 0 aliphatic heterocycles. The van der Waals surface area contributed by atoms with Crippen LogP contribution >= 0.6 is 0 Å². The molecule has 1 aliphatic carbocycles. The van der Waals surface area contributed by atoms with Gasteiger partial charge >= 0.3 is 0 Å². The Balaban J connectivity index is 2.34. The van der Waals surface area contributed by atoms with E-state index in [9.17, 15) is 4.79 Å². The molecule has 0 aromatic heterocycles. The normalized spacial score (nSPS) is 16.5. The van der Waals surface area contributed by atoms with E-state index in [0.717, 1.165) is 5.57 Å². The Kier molecular flexibility index (Phi) is 4.30. The second-order valence-electron chi connectivity index (χ2n) is 3.43. The molecule has 13 heavy (non-hydrogen) atoms. The molecule has 0 heterocycles. The maximum atomic E-state index is 9.92. The molecular weight excluding hydrogens is 164 g/mol. The van der Waals surface area contributed by atoms with E-state index >= 15 is 0 Å². The van der Waals surface area contributed by atoms with Crippen molar-refractivity contribution in [3.8, 4) is 0 Å². The van der Waals surface area contributed by atoms with Crippen molar-refractivity contribution < 1.29 is 9.53 Å². The van der Waals surface area contributed by atoms with Gasteiger partial charge in [-0.2, -0.15) is 0 Å². The largest absolute Gasteiger partial charge is 0.463 e. The van der Waals surface area contributed by atoms with Crippen LogP contribution in [0.15, 0.2) is 23.8 Å². The van der Waals surface area contributed by atoms with Gasteiger partial charge in [-0.15, -0.1) is 0 Å². The second-order valence-corrected chi connectivity index (χ2v) is 3.43. The van der Waals surface area contributed by atoms with Crippen LogP contribution in [-0.4, -0.2) is 13.1 Å². The van der Waals surface area contributed by atoms with Gasteiger partial charge in [-0.05, 0) is 31.3 Å². The first-order chi connectivity index (χ1) is 6.33. The van der Waals surface area contributed by atoms with Gasteiger partial charge in [0, 0.05) is 0 Å². The maximum absolute atomic E-state index is 9.92. The molecule has 2 heteroatoms. The number of hydrogen-bond acceptors (Lipinski definition) is 2. The van der Waals surface area contributed by atoms with Crippen LogP contribution < -0.4 is 0 Å². The van der Waals surface area contributed by atoms with Gasteiger partial charge in [0.2, 0.25) is 0 Å². The summed E-state index contributed by atoms with van der Waals surface area (Å²) in [6.45, 7) is 4.62. The van der Waals surface area contributed by atoms with Crippen LogP contribution in [0.1, 0.15) is 32.1 Å². The topological polar surface area (TPSA) is 26.3 Å².